The van der Waals surface area contributed by atoms with Crippen LogP contribution in [0.3, 0.4) is 0 Å². The summed E-state index contributed by atoms with van der Waals surface area (Å²) >= 11 is 0. The molecule has 0 aliphatic heterocycles. The zero-order chi connectivity index (χ0) is 30.4. The number of benzene rings is 1. The van der Waals surface area contributed by atoms with E-state index in [-0.39, 0.29) is 54.9 Å². The number of nitrogens with two attached hydrogens (primary N) is 1. The van der Waals surface area contributed by atoms with Crippen LogP contribution in [0.5, 0.6) is 11.5 Å². The number of esters is 2. The maximum Gasteiger partial charge on any atom is 0.513 e. The summed E-state index contributed by atoms with van der Waals surface area (Å²) in [6.45, 7) is 14.8. The second-order valence-corrected chi connectivity index (χ2v) is 10.7. The van der Waals surface area contributed by atoms with Crippen LogP contribution in [-0.4, -0.2) is 55.7 Å². The number of rotatable bonds is 15. The van der Waals surface area contributed by atoms with Gasteiger partial charge in [-0.25, -0.2) is 9.59 Å². The number of hydrogen-bond acceptors (Lipinski definition) is 11. The molecule has 1 rings (SSSR count). The van der Waals surface area contributed by atoms with Crippen molar-refractivity contribution in [1.82, 2.24) is 0 Å². The minimum absolute atomic E-state index is 0.0166. The molecule has 11 nitrogen and oxygen atoms in total. The first-order valence-electron chi connectivity index (χ1n) is 13.7. The fourth-order valence-corrected chi connectivity index (χ4v) is 3.20. The Bertz CT molecular complexity index is 978. The molecule has 11 heteroatoms. The molecule has 0 spiro atoms. The molecule has 0 heterocycles. The second-order valence-electron chi connectivity index (χ2n) is 10.7. The predicted octanol–water partition coefficient (Wildman–Crippen LogP) is 5.20. The Kier molecular flexibility index (Phi) is 15.1. The van der Waals surface area contributed by atoms with Gasteiger partial charge < -0.3 is 34.2 Å². The molecule has 0 saturated heterocycles. The Morgan fingerprint density at radius 1 is 0.750 bits per heavy atom. The van der Waals surface area contributed by atoms with Gasteiger partial charge in [-0.2, -0.15) is 0 Å². The van der Waals surface area contributed by atoms with Crippen molar-refractivity contribution in [2.75, 3.05) is 13.2 Å². The van der Waals surface area contributed by atoms with Gasteiger partial charge in [0.15, 0.2) is 11.5 Å². The van der Waals surface area contributed by atoms with Gasteiger partial charge in [0, 0.05) is 0 Å². The maximum atomic E-state index is 12.7. The summed E-state index contributed by atoms with van der Waals surface area (Å²) in [5.74, 6) is -1.30. The molecule has 2 N–H and O–H groups in total. The summed E-state index contributed by atoms with van der Waals surface area (Å²) in [6.07, 6.45) is -1.76. The van der Waals surface area contributed by atoms with Gasteiger partial charge in [0.25, 0.3) is 0 Å². The highest BCUT2D eigenvalue weighted by Crippen LogP contribution is 2.30. The monoisotopic (exact) mass is 567 g/mol. The maximum absolute atomic E-state index is 12.7. The summed E-state index contributed by atoms with van der Waals surface area (Å²) in [5.41, 5.74) is 6.59. The van der Waals surface area contributed by atoms with Crippen LogP contribution in [0, 0.1) is 17.8 Å². The smallest absolute Gasteiger partial charge is 0.459 e. The fourth-order valence-electron chi connectivity index (χ4n) is 3.20. The topological polar surface area (TPSA) is 150 Å². The summed E-state index contributed by atoms with van der Waals surface area (Å²) in [4.78, 5) is 49.1. The summed E-state index contributed by atoms with van der Waals surface area (Å²) in [7, 11) is 0. The molecular formula is C29H45NO10. The molecule has 0 fully saturated rings. The van der Waals surface area contributed by atoms with Crippen LogP contribution < -0.4 is 15.2 Å². The standard InChI is InChI=1S/C29H45NO10/c1-9-10-19(6)26(31)37-20(7)21(8)38-27(32)23(30)13-22-11-12-24(39-28(33)35-15-17(2)3)25(14-22)40-29(34)36-16-18(4)5/h11-12,14,17-21,23H,9-10,13,15-16,30H2,1-8H3/t19?,20-,21-,23-/m0/s1. The van der Waals surface area contributed by atoms with E-state index in [2.05, 4.69) is 0 Å². The van der Waals surface area contributed by atoms with Crippen LogP contribution >= 0.6 is 0 Å². The van der Waals surface area contributed by atoms with Crippen molar-refractivity contribution < 1.29 is 47.6 Å². The Labute approximate surface area is 236 Å². The van der Waals surface area contributed by atoms with Gasteiger partial charge >= 0.3 is 24.2 Å². The van der Waals surface area contributed by atoms with Crippen molar-refractivity contribution in [2.45, 2.75) is 92.9 Å². The van der Waals surface area contributed by atoms with E-state index in [1.54, 1.807) is 26.8 Å². The summed E-state index contributed by atoms with van der Waals surface area (Å²) in [6, 6.07) is 3.30. The third kappa shape index (κ3) is 13.1. The van der Waals surface area contributed by atoms with Crippen molar-refractivity contribution in [3.63, 3.8) is 0 Å². The van der Waals surface area contributed by atoms with E-state index in [4.69, 9.17) is 34.2 Å². The van der Waals surface area contributed by atoms with Gasteiger partial charge in [-0.05, 0) is 56.2 Å². The molecule has 0 aliphatic rings. The molecule has 0 bridgehead atoms. The largest absolute Gasteiger partial charge is 0.513 e. The lowest BCUT2D eigenvalue weighted by Crippen LogP contribution is -2.40. The number of ether oxygens (including phenoxy) is 6. The van der Waals surface area contributed by atoms with E-state index < -0.39 is 36.5 Å². The first-order valence-corrected chi connectivity index (χ1v) is 13.7. The first-order chi connectivity index (χ1) is 18.7. The van der Waals surface area contributed by atoms with E-state index in [0.29, 0.717) is 12.0 Å². The highest BCUT2D eigenvalue weighted by atomic mass is 16.7. The van der Waals surface area contributed by atoms with E-state index in [1.165, 1.54) is 12.1 Å². The van der Waals surface area contributed by atoms with E-state index in [9.17, 15) is 19.2 Å². The molecule has 1 unspecified atom stereocenters. The van der Waals surface area contributed by atoms with Gasteiger partial charge in [0.2, 0.25) is 0 Å². The highest BCUT2D eigenvalue weighted by molar-refractivity contribution is 5.76. The first kappa shape index (κ1) is 34.7. The zero-order valence-electron chi connectivity index (χ0n) is 24.9. The molecule has 226 valence electrons. The van der Waals surface area contributed by atoms with Gasteiger partial charge in [0.05, 0.1) is 19.1 Å². The van der Waals surface area contributed by atoms with Gasteiger partial charge in [-0.15, -0.1) is 0 Å². The van der Waals surface area contributed by atoms with Crippen molar-refractivity contribution >= 4 is 24.2 Å². The van der Waals surface area contributed by atoms with Crippen molar-refractivity contribution in [2.24, 2.45) is 23.5 Å². The lowest BCUT2D eigenvalue weighted by molar-refractivity contribution is -0.168. The van der Waals surface area contributed by atoms with E-state index in [1.807, 2.05) is 34.6 Å². The van der Waals surface area contributed by atoms with Crippen molar-refractivity contribution in [3.8, 4) is 11.5 Å². The van der Waals surface area contributed by atoms with Crippen LogP contribution in [0.2, 0.25) is 0 Å². The molecule has 0 aromatic heterocycles. The van der Waals surface area contributed by atoms with Crippen molar-refractivity contribution in [1.29, 1.82) is 0 Å². The van der Waals surface area contributed by atoms with Crippen molar-refractivity contribution in [3.05, 3.63) is 23.8 Å². The normalized spacial score (nSPS) is 14.1. The third-order valence-corrected chi connectivity index (χ3v) is 5.61. The lowest BCUT2D eigenvalue weighted by atomic mass is 10.1. The second kappa shape index (κ2) is 17.4. The lowest BCUT2D eigenvalue weighted by Gasteiger charge is -2.23. The van der Waals surface area contributed by atoms with Crippen LogP contribution in [0.25, 0.3) is 0 Å². The van der Waals surface area contributed by atoms with Crippen LogP contribution in [0.15, 0.2) is 18.2 Å². The van der Waals surface area contributed by atoms with Gasteiger partial charge in [-0.3, -0.25) is 9.59 Å². The summed E-state index contributed by atoms with van der Waals surface area (Å²) < 4.78 is 31.4. The Morgan fingerprint density at radius 2 is 1.25 bits per heavy atom. The third-order valence-electron chi connectivity index (χ3n) is 5.61. The number of carbonyl (C=O) groups is 4. The Balaban J connectivity index is 2.91. The number of carbonyl (C=O) groups excluding carboxylic acids is 4. The molecule has 4 atom stereocenters. The summed E-state index contributed by atoms with van der Waals surface area (Å²) in [5, 5.41) is 0. The molecule has 0 radical (unpaired) electrons. The predicted molar refractivity (Wildman–Crippen MR) is 147 cm³/mol. The quantitative estimate of drug-likeness (QED) is 0.169. The minimum Gasteiger partial charge on any atom is -0.459 e. The molecule has 40 heavy (non-hydrogen) atoms. The molecule has 1 aromatic rings. The Hall–Kier alpha value is -3.34. The molecule has 0 aliphatic carbocycles. The minimum atomic E-state index is -1.08. The van der Waals surface area contributed by atoms with Crippen LogP contribution in [0.4, 0.5) is 9.59 Å². The molecule has 0 saturated carbocycles. The van der Waals surface area contributed by atoms with E-state index in [0.717, 1.165) is 6.42 Å². The van der Waals surface area contributed by atoms with Crippen LogP contribution in [-0.2, 0) is 35.0 Å². The van der Waals surface area contributed by atoms with E-state index >= 15 is 0 Å². The molecular weight excluding hydrogens is 522 g/mol. The SMILES string of the molecule is CCCC(C)C(=O)O[C@@H](C)[C@H](C)OC(=O)[C@@H](N)Cc1ccc(OC(=O)OCC(C)C)c(OC(=O)OCC(C)C)c1. The fraction of sp³-hybridized carbons (Fsp3) is 0.655. The zero-order valence-corrected chi connectivity index (χ0v) is 24.9. The highest BCUT2D eigenvalue weighted by Gasteiger charge is 2.26. The molecule has 0 amide bonds. The Morgan fingerprint density at radius 3 is 1.75 bits per heavy atom. The average molecular weight is 568 g/mol. The van der Waals surface area contributed by atoms with Gasteiger partial charge in [-0.1, -0.05) is 54.0 Å². The average Bonchev–Trinajstić information content (AvgIpc) is 2.87. The number of hydrogen-bond donors (Lipinski definition) is 1. The van der Waals surface area contributed by atoms with Crippen LogP contribution in [0.1, 0.15) is 73.8 Å². The molecule has 1 aromatic carbocycles. The van der Waals surface area contributed by atoms with Gasteiger partial charge in [0.1, 0.15) is 18.2 Å².